The van der Waals surface area contributed by atoms with Crippen molar-refractivity contribution in [2.75, 3.05) is 19.8 Å². The molecule has 5 N–H and O–H groups in total. The van der Waals surface area contributed by atoms with E-state index in [0.29, 0.717) is 6.42 Å². The summed E-state index contributed by atoms with van der Waals surface area (Å²) < 4.78 is 22.1. The van der Waals surface area contributed by atoms with Gasteiger partial charge in [0.05, 0.1) is 25.4 Å². The summed E-state index contributed by atoms with van der Waals surface area (Å²) in [6.07, 6.45) is 54.9. The molecule has 1 amide bonds. The smallest absolute Gasteiger partial charge is 0.387 e. The third-order valence-electron chi connectivity index (χ3n) is 8.93. The number of aliphatic hydroxyl groups excluding tert-OH is 1. The highest BCUT2D eigenvalue weighted by molar-refractivity contribution is 7.47. The Morgan fingerprint density at radius 3 is 1.62 bits per heavy atom. The van der Waals surface area contributed by atoms with Gasteiger partial charge in [0.15, 0.2) is 0 Å². The lowest BCUT2D eigenvalue weighted by Gasteiger charge is -2.23. The molecule has 0 bridgehead atoms. The van der Waals surface area contributed by atoms with Crippen LogP contribution in [0.5, 0.6) is 0 Å². The van der Waals surface area contributed by atoms with Crippen LogP contribution >= 0.6 is 7.82 Å². The number of amides is 1. The molecule has 0 aromatic rings. The average molecular weight is 789 g/mol. The first-order valence-corrected chi connectivity index (χ1v) is 23.2. The summed E-state index contributed by atoms with van der Waals surface area (Å²) in [6.45, 7) is 3.93. The molecule has 3 unspecified atom stereocenters. The van der Waals surface area contributed by atoms with Crippen LogP contribution in [0.2, 0.25) is 0 Å². The number of unbranched alkanes of at least 4 members (excludes halogenated alkanes) is 15. The lowest BCUT2D eigenvalue weighted by molar-refractivity contribution is -0.123. The van der Waals surface area contributed by atoms with Gasteiger partial charge in [-0.2, -0.15) is 0 Å². The standard InChI is InChI=1S/C46H81N2O6P/c1-3-5-7-9-11-13-15-17-18-19-20-21-22-23-24-25-26-28-30-32-34-36-38-40-46(50)48-44(43-54-55(51,52)53-42-41-47)45(49)39-37-35-33-31-29-27-16-14-12-10-8-6-4-2/h5,7,11-14,17-18,20-21,29,31,37,39,44-45,49H,3-4,6,8-10,15-16,19,22-28,30,32-36,38,40-43,47H2,1-2H3,(H,48,50)(H,51,52)/b7-5-,13-11-,14-12+,18-17-,21-20-,31-29+,39-37+. The number of phosphoric ester groups is 1. The van der Waals surface area contributed by atoms with E-state index in [0.717, 1.165) is 83.5 Å². The number of allylic oxidation sites excluding steroid dienone is 13. The molecule has 0 saturated carbocycles. The van der Waals surface area contributed by atoms with E-state index in [-0.39, 0.29) is 25.7 Å². The van der Waals surface area contributed by atoms with Gasteiger partial charge < -0.3 is 21.1 Å². The van der Waals surface area contributed by atoms with E-state index in [1.54, 1.807) is 6.08 Å². The Kier molecular flexibility index (Phi) is 39.6. The molecule has 0 aromatic heterocycles. The van der Waals surface area contributed by atoms with E-state index in [1.165, 1.54) is 64.2 Å². The monoisotopic (exact) mass is 789 g/mol. The first-order chi connectivity index (χ1) is 26.9. The Bertz CT molecular complexity index is 1130. The van der Waals surface area contributed by atoms with Gasteiger partial charge in [-0.05, 0) is 83.5 Å². The Morgan fingerprint density at radius 1 is 0.618 bits per heavy atom. The van der Waals surface area contributed by atoms with Crippen molar-refractivity contribution in [3.05, 3.63) is 85.1 Å². The van der Waals surface area contributed by atoms with Gasteiger partial charge in [0, 0.05) is 13.0 Å². The van der Waals surface area contributed by atoms with Gasteiger partial charge in [-0.15, -0.1) is 0 Å². The van der Waals surface area contributed by atoms with Crippen molar-refractivity contribution in [3.8, 4) is 0 Å². The zero-order valence-electron chi connectivity index (χ0n) is 34.9. The largest absolute Gasteiger partial charge is 0.472 e. The number of carbonyl (C=O) groups is 1. The maximum absolute atomic E-state index is 12.8. The summed E-state index contributed by atoms with van der Waals surface area (Å²) in [7, 11) is -4.35. The summed E-state index contributed by atoms with van der Waals surface area (Å²) >= 11 is 0. The van der Waals surface area contributed by atoms with Crippen LogP contribution in [0.4, 0.5) is 0 Å². The first-order valence-electron chi connectivity index (χ1n) is 21.7. The number of nitrogens with two attached hydrogens (primary N) is 1. The normalized spacial score (nSPS) is 14.9. The zero-order valence-corrected chi connectivity index (χ0v) is 35.8. The second-order valence-corrected chi connectivity index (χ2v) is 15.6. The Morgan fingerprint density at radius 2 is 1.07 bits per heavy atom. The lowest BCUT2D eigenvalue weighted by Crippen LogP contribution is -2.45. The summed E-state index contributed by atoms with van der Waals surface area (Å²) in [6, 6.07) is -0.890. The number of carbonyl (C=O) groups excluding carboxylic acids is 1. The third kappa shape index (κ3) is 39.7. The molecule has 0 spiro atoms. The molecular formula is C46H81N2O6P. The minimum absolute atomic E-state index is 0.0669. The molecule has 0 heterocycles. The van der Waals surface area contributed by atoms with Crippen molar-refractivity contribution in [1.29, 1.82) is 0 Å². The van der Waals surface area contributed by atoms with Gasteiger partial charge >= 0.3 is 7.82 Å². The fourth-order valence-electron chi connectivity index (χ4n) is 5.68. The van der Waals surface area contributed by atoms with Gasteiger partial charge in [0.25, 0.3) is 0 Å². The molecule has 0 rings (SSSR count). The number of rotatable bonds is 39. The molecule has 0 aliphatic heterocycles. The molecule has 316 valence electrons. The van der Waals surface area contributed by atoms with Crippen LogP contribution in [0.25, 0.3) is 0 Å². The molecule has 9 heteroatoms. The highest BCUT2D eigenvalue weighted by Crippen LogP contribution is 2.43. The molecule has 3 atom stereocenters. The topological polar surface area (TPSA) is 131 Å². The van der Waals surface area contributed by atoms with E-state index < -0.39 is 20.0 Å². The predicted molar refractivity (Wildman–Crippen MR) is 235 cm³/mol. The second kappa shape index (κ2) is 41.3. The number of phosphoric acid groups is 1. The van der Waals surface area contributed by atoms with Crippen LogP contribution in [-0.4, -0.2) is 47.8 Å². The Hall–Kier alpha value is -2.32. The summed E-state index contributed by atoms with van der Waals surface area (Å²) in [5, 5.41) is 13.6. The molecule has 0 saturated heterocycles. The molecule has 0 aromatic carbocycles. The molecule has 0 fully saturated rings. The average Bonchev–Trinajstić information content (AvgIpc) is 3.17. The van der Waals surface area contributed by atoms with Gasteiger partial charge in [0.2, 0.25) is 5.91 Å². The van der Waals surface area contributed by atoms with Crippen LogP contribution in [0.15, 0.2) is 85.1 Å². The van der Waals surface area contributed by atoms with Crippen molar-refractivity contribution in [2.45, 2.75) is 180 Å². The second-order valence-electron chi connectivity index (χ2n) is 14.1. The number of aliphatic hydroxyl groups is 1. The first kappa shape index (κ1) is 52.7. The van der Waals surface area contributed by atoms with Crippen molar-refractivity contribution in [1.82, 2.24) is 5.32 Å². The van der Waals surface area contributed by atoms with Crippen LogP contribution in [0.1, 0.15) is 168 Å². The van der Waals surface area contributed by atoms with Crippen LogP contribution in [0, 0.1) is 0 Å². The van der Waals surface area contributed by atoms with Gasteiger partial charge in [-0.1, -0.05) is 163 Å². The zero-order chi connectivity index (χ0) is 40.3. The minimum Gasteiger partial charge on any atom is -0.387 e. The Labute approximate surface area is 337 Å². The van der Waals surface area contributed by atoms with E-state index in [4.69, 9.17) is 14.8 Å². The van der Waals surface area contributed by atoms with Crippen LogP contribution in [0.3, 0.4) is 0 Å². The van der Waals surface area contributed by atoms with Crippen LogP contribution in [-0.2, 0) is 18.4 Å². The molecule has 0 radical (unpaired) electrons. The van der Waals surface area contributed by atoms with Crippen molar-refractivity contribution in [3.63, 3.8) is 0 Å². The summed E-state index contributed by atoms with van der Waals surface area (Å²) in [5.41, 5.74) is 5.36. The lowest BCUT2D eigenvalue weighted by atomic mass is 10.0. The van der Waals surface area contributed by atoms with E-state index >= 15 is 0 Å². The number of nitrogens with one attached hydrogen (secondary N) is 1. The van der Waals surface area contributed by atoms with Crippen LogP contribution < -0.4 is 11.1 Å². The molecular weight excluding hydrogens is 707 g/mol. The van der Waals surface area contributed by atoms with Gasteiger partial charge in [-0.25, -0.2) is 4.57 Å². The maximum atomic E-state index is 12.8. The Balaban J connectivity index is 4.21. The van der Waals surface area contributed by atoms with Crippen molar-refractivity contribution in [2.24, 2.45) is 5.73 Å². The molecule has 0 aliphatic rings. The van der Waals surface area contributed by atoms with Gasteiger partial charge in [-0.3, -0.25) is 13.8 Å². The highest BCUT2D eigenvalue weighted by Gasteiger charge is 2.26. The molecule has 0 aliphatic carbocycles. The maximum Gasteiger partial charge on any atom is 0.472 e. The number of hydrogen-bond donors (Lipinski definition) is 4. The quantitative estimate of drug-likeness (QED) is 0.0277. The fourth-order valence-corrected chi connectivity index (χ4v) is 6.44. The molecule has 8 nitrogen and oxygen atoms in total. The van der Waals surface area contributed by atoms with E-state index in [9.17, 15) is 19.4 Å². The SMILES string of the molecule is CC/C=C\C/C=C\C/C=C\C/C=C\CCCCCCCCCCCCC(=O)NC(COP(=O)(O)OCCN)C(O)/C=C/CC/C=C/CC/C=C/CCCCC. The number of hydrogen-bond acceptors (Lipinski definition) is 6. The summed E-state index contributed by atoms with van der Waals surface area (Å²) in [4.78, 5) is 22.7. The van der Waals surface area contributed by atoms with E-state index in [2.05, 4.69) is 92.1 Å². The third-order valence-corrected chi connectivity index (χ3v) is 9.92. The van der Waals surface area contributed by atoms with E-state index in [1.807, 2.05) is 6.08 Å². The minimum atomic E-state index is -4.35. The predicted octanol–water partition coefficient (Wildman–Crippen LogP) is 12.2. The van der Waals surface area contributed by atoms with Gasteiger partial charge in [0.1, 0.15) is 0 Å². The summed E-state index contributed by atoms with van der Waals surface area (Å²) in [5.74, 6) is -0.218. The molecule has 55 heavy (non-hydrogen) atoms. The fraction of sp³-hybridized carbons (Fsp3) is 0.674. The van der Waals surface area contributed by atoms with Crippen molar-refractivity contribution >= 4 is 13.7 Å². The van der Waals surface area contributed by atoms with Crippen molar-refractivity contribution < 1.29 is 28.4 Å². The highest BCUT2D eigenvalue weighted by atomic mass is 31.2.